The van der Waals surface area contributed by atoms with Gasteiger partial charge in [0.15, 0.2) is 17.1 Å². The van der Waals surface area contributed by atoms with E-state index in [9.17, 15) is 44.1 Å². The van der Waals surface area contributed by atoms with Crippen molar-refractivity contribution in [2.45, 2.75) is 56.8 Å². The van der Waals surface area contributed by atoms with Crippen LogP contribution in [0.15, 0.2) is 97.1 Å². The number of hydrogen-bond donors (Lipinski definition) is 6. The van der Waals surface area contributed by atoms with Crippen molar-refractivity contribution in [1.29, 1.82) is 0 Å². The van der Waals surface area contributed by atoms with Gasteiger partial charge in [-0.25, -0.2) is 4.79 Å². The van der Waals surface area contributed by atoms with E-state index in [2.05, 4.69) is 34.3 Å². The molecule has 66 heavy (non-hydrogen) atoms. The van der Waals surface area contributed by atoms with Gasteiger partial charge in [-0.05, 0) is 112 Å². The third-order valence-corrected chi connectivity index (χ3v) is 11.1. The maximum atomic E-state index is 13.0. The highest BCUT2D eigenvalue weighted by Gasteiger charge is 2.48. The number of carboxylic acid groups (broad SMARTS) is 1. The predicted molar refractivity (Wildman–Crippen MR) is 242 cm³/mol. The minimum atomic E-state index is -2.06. The minimum absolute atomic E-state index is 0.104. The molecule has 1 saturated heterocycles. The van der Waals surface area contributed by atoms with Gasteiger partial charge in [-0.2, -0.15) is 0 Å². The first-order valence-corrected chi connectivity index (χ1v) is 20.6. The number of rotatable bonds is 12. The van der Waals surface area contributed by atoms with E-state index in [1.165, 1.54) is 47.2 Å². The maximum absolute atomic E-state index is 13.0. The molecule has 0 saturated carbocycles. The Labute approximate surface area is 383 Å². The Morgan fingerprint density at radius 1 is 0.682 bits per heavy atom. The maximum Gasteiger partial charge on any atom is 0.339 e. The number of Topliss-reactive ketones (excluding diaryl/α,β-unsaturated/α-hetero) is 1. The Hall–Kier alpha value is -7.18. The van der Waals surface area contributed by atoms with E-state index in [0.717, 1.165) is 27.9 Å². The van der Waals surface area contributed by atoms with Gasteiger partial charge in [-0.1, -0.05) is 47.9 Å². The van der Waals surface area contributed by atoms with Crippen LogP contribution in [0, 0.1) is 23.7 Å². The Kier molecular flexibility index (Phi) is 17.3. The molecular formula is C50H54N4O12. The van der Waals surface area contributed by atoms with Crippen LogP contribution in [-0.2, 0) is 28.7 Å². The van der Waals surface area contributed by atoms with Crippen LogP contribution in [0.5, 0.6) is 0 Å². The van der Waals surface area contributed by atoms with Crippen LogP contribution in [0.2, 0.25) is 0 Å². The molecule has 4 aromatic carbocycles. The first kappa shape index (κ1) is 51.5. The molecule has 0 aliphatic carbocycles. The second kappa shape index (κ2) is 22.1. The molecule has 4 atom stereocenters. The van der Waals surface area contributed by atoms with Gasteiger partial charge in [0.1, 0.15) is 18.8 Å². The number of aliphatic hydroxyl groups excluding tert-OH is 3. The molecule has 4 aromatic rings. The lowest BCUT2D eigenvalue weighted by Crippen LogP contribution is -2.62. The number of ether oxygens (including phenoxy) is 2. The summed E-state index contributed by atoms with van der Waals surface area (Å²) in [6, 6.07) is 27.4. The van der Waals surface area contributed by atoms with Crippen LogP contribution in [0.25, 0.3) is 0 Å². The second-order valence-electron chi connectivity index (χ2n) is 15.8. The molecular weight excluding hydrogens is 849 g/mol. The molecule has 0 radical (unpaired) electrons. The highest BCUT2D eigenvalue weighted by Crippen LogP contribution is 2.32. The highest BCUT2D eigenvalue weighted by molar-refractivity contribution is 6.14. The van der Waals surface area contributed by atoms with E-state index in [1.807, 2.05) is 38.1 Å². The monoisotopic (exact) mass is 902 g/mol. The number of aliphatic carboxylic acids is 1. The number of carbonyl (C=O) groups is 6. The summed E-state index contributed by atoms with van der Waals surface area (Å²) in [6.07, 6.45) is -1.04. The third kappa shape index (κ3) is 11.9. The Morgan fingerprint density at radius 3 is 1.41 bits per heavy atom. The van der Waals surface area contributed by atoms with Gasteiger partial charge >= 0.3 is 5.97 Å². The lowest BCUT2D eigenvalue weighted by atomic mass is 9.92. The summed E-state index contributed by atoms with van der Waals surface area (Å²) < 4.78 is 11.5. The van der Waals surface area contributed by atoms with E-state index in [1.54, 1.807) is 60.7 Å². The fourth-order valence-electron chi connectivity index (χ4n) is 6.50. The molecule has 346 valence electrons. The lowest BCUT2D eigenvalue weighted by molar-refractivity contribution is -0.154. The summed E-state index contributed by atoms with van der Waals surface area (Å²) >= 11 is 0. The fraction of sp³-hybridized carbons (Fsp3) is 0.320. The topological polar surface area (TPSA) is 232 Å². The van der Waals surface area contributed by atoms with E-state index in [0.29, 0.717) is 28.9 Å². The second-order valence-corrected chi connectivity index (χ2v) is 15.8. The van der Waals surface area contributed by atoms with Crippen molar-refractivity contribution >= 4 is 35.4 Å². The summed E-state index contributed by atoms with van der Waals surface area (Å²) in [5, 5.41) is 42.0. The van der Waals surface area contributed by atoms with Crippen molar-refractivity contribution in [1.82, 2.24) is 20.4 Å². The van der Waals surface area contributed by atoms with Crippen molar-refractivity contribution in [2.75, 3.05) is 48.0 Å². The van der Waals surface area contributed by atoms with Crippen LogP contribution in [0.3, 0.4) is 0 Å². The number of nitrogens with zero attached hydrogens (tertiary/aromatic N) is 2. The summed E-state index contributed by atoms with van der Waals surface area (Å²) in [4.78, 5) is 75.9. The summed E-state index contributed by atoms with van der Waals surface area (Å²) in [5.74, 6) is 6.61. The largest absolute Gasteiger partial charge is 0.479 e. The van der Waals surface area contributed by atoms with Crippen LogP contribution < -0.4 is 10.6 Å². The Balaban J connectivity index is 0.000000291. The molecule has 1 aliphatic heterocycles. The number of ketones is 1. The van der Waals surface area contributed by atoms with Crippen molar-refractivity contribution in [3.05, 3.63) is 142 Å². The van der Waals surface area contributed by atoms with Gasteiger partial charge in [0.25, 0.3) is 23.6 Å². The molecule has 0 bridgehead atoms. The van der Waals surface area contributed by atoms with Crippen molar-refractivity contribution in [3.8, 4) is 23.7 Å². The zero-order valence-corrected chi connectivity index (χ0v) is 38.0. The van der Waals surface area contributed by atoms with E-state index in [4.69, 9.17) is 14.6 Å². The van der Waals surface area contributed by atoms with Gasteiger partial charge < -0.3 is 50.3 Å². The first-order chi connectivity index (χ1) is 31.2. The Bertz CT molecular complexity index is 2520. The number of nitrogens with one attached hydrogen (secondary N) is 2. The molecule has 16 heteroatoms. The molecule has 0 aromatic heterocycles. The van der Waals surface area contributed by atoms with Crippen LogP contribution >= 0.6 is 0 Å². The Morgan fingerprint density at radius 2 is 1.06 bits per heavy atom. The number of aliphatic hydroxyl groups is 3. The highest BCUT2D eigenvalue weighted by atomic mass is 16.7. The number of carboxylic acids is 1. The fourth-order valence-corrected chi connectivity index (χ4v) is 6.50. The molecule has 5 rings (SSSR count). The number of amides is 4. The van der Waals surface area contributed by atoms with Crippen molar-refractivity contribution < 1.29 is 58.7 Å². The predicted octanol–water partition coefficient (Wildman–Crippen LogP) is 2.82. The van der Waals surface area contributed by atoms with Gasteiger partial charge in [0.05, 0.1) is 13.2 Å². The van der Waals surface area contributed by atoms with E-state index in [-0.39, 0.29) is 23.8 Å². The number of benzene rings is 4. The van der Waals surface area contributed by atoms with Gasteiger partial charge in [-0.15, -0.1) is 0 Å². The van der Waals surface area contributed by atoms with E-state index < -0.39 is 65.0 Å². The molecule has 1 fully saturated rings. The molecule has 1 aliphatic rings. The molecule has 16 nitrogen and oxygen atoms in total. The molecule has 1 heterocycles. The molecule has 6 N–H and O–H groups in total. The zero-order chi connectivity index (χ0) is 49.0. The molecule has 0 spiro atoms. The normalized spacial score (nSPS) is 15.8. The van der Waals surface area contributed by atoms with Gasteiger partial charge in [-0.3, -0.25) is 24.0 Å². The smallest absolute Gasteiger partial charge is 0.339 e. The number of carbonyl (C=O) groups excluding carboxylic acids is 5. The first-order valence-electron chi connectivity index (χ1n) is 20.6. The molecule has 4 amide bonds. The summed E-state index contributed by atoms with van der Waals surface area (Å²) in [7, 11) is 5.28. The van der Waals surface area contributed by atoms with E-state index >= 15 is 0 Å². The number of hydrogen-bond acceptors (Lipinski definition) is 11. The van der Waals surface area contributed by atoms with Crippen molar-refractivity contribution in [3.63, 3.8) is 0 Å². The van der Waals surface area contributed by atoms with Crippen molar-refractivity contribution in [2.24, 2.45) is 0 Å². The van der Waals surface area contributed by atoms with Crippen LogP contribution in [0.4, 0.5) is 0 Å². The average molecular weight is 903 g/mol. The summed E-state index contributed by atoms with van der Waals surface area (Å²) in [6.45, 7) is 5.53. The SMILES string of the molecule is CNC(=O)[C@@](C)(C(=O)CO)N(C)C(=O)c1ccc(C#Cc2ccc(C3COC(C)(C)O3)cc2)cc1.CNC(=O)[C@@](C)(C(=O)O)N(C)C(=O)c1ccc(C#Cc2ccc([C@H](O)CO)cc2)cc1. The standard InChI is InChI=1S/C27H30N2O6.C23H24N2O6/c1-26(2)34-17-22(35-26)20-12-8-18(9-13-20)6-7-19-10-14-21(15-11-19)24(32)29(5)27(3,23(31)16-30)25(33)28-4;1-23(22(30)31,21(29)24-2)25(3)20(28)18-12-8-16(9-13-18)5-4-15-6-10-17(11-7-15)19(27)14-26/h8-15,22,30H,16-17H2,1-5H3,(H,28,33);6-13,19,26-27H,14H2,1-3H3,(H,24,29)(H,30,31)/t22?,27-;19-,23+/m11/s1. The van der Waals surface area contributed by atoms with Crippen LogP contribution in [-0.4, -0.2) is 130 Å². The zero-order valence-electron chi connectivity index (χ0n) is 38.0. The van der Waals surface area contributed by atoms with Gasteiger partial charge in [0, 0.05) is 61.6 Å². The third-order valence-electron chi connectivity index (χ3n) is 11.1. The minimum Gasteiger partial charge on any atom is -0.479 e. The lowest BCUT2D eigenvalue weighted by Gasteiger charge is -2.35. The summed E-state index contributed by atoms with van der Waals surface area (Å²) in [5.41, 5.74) is 1.08. The molecule has 1 unspecified atom stereocenters. The van der Waals surface area contributed by atoms with Gasteiger partial charge in [0.2, 0.25) is 5.54 Å². The average Bonchev–Trinajstić information content (AvgIpc) is 3.72. The van der Waals surface area contributed by atoms with Crippen LogP contribution in [0.1, 0.15) is 94.0 Å². The quantitative estimate of drug-likeness (QED) is 0.0891. The number of likely N-dealkylation sites (N-methyl/N-ethyl adjacent to an activating group) is 4.